The zero-order chi connectivity index (χ0) is 28.6. The smallest absolute Gasteiger partial charge is 0.264 e. The minimum Gasteiger partial charge on any atom is -0.354 e. The Morgan fingerprint density at radius 1 is 0.974 bits per heavy atom. The summed E-state index contributed by atoms with van der Waals surface area (Å²) >= 11 is 15.9. The van der Waals surface area contributed by atoms with Gasteiger partial charge in [-0.15, -0.1) is 0 Å². The largest absolute Gasteiger partial charge is 0.354 e. The molecule has 0 aliphatic carbocycles. The number of carbonyl (C=O) groups is 2. The number of amides is 2. The Morgan fingerprint density at radius 2 is 1.69 bits per heavy atom. The van der Waals surface area contributed by atoms with Crippen LogP contribution in [0.5, 0.6) is 0 Å². The first kappa shape index (κ1) is 30.9. The maximum Gasteiger partial charge on any atom is 0.264 e. The predicted octanol–water partition coefficient (Wildman–Crippen LogP) is 6.28. The van der Waals surface area contributed by atoms with Gasteiger partial charge in [0, 0.05) is 27.6 Å². The van der Waals surface area contributed by atoms with Gasteiger partial charge in [0.15, 0.2) is 0 Å². The molecule has 1 atom stereocenters. The van der Waals surface area contributed by atoms with Crippen molar-refractivity contribution in [2.45, 2.75) is 44.2 Å². The van der Waals surface area contributed by atoms with Crippen molar-refractivity contribution >= 4 is 66.7 Å². The Hall–Kier alpha value is -2.59. The molecule has 0 aliphatic rings. The minimum absolute atomic E-state index is 0.00933. The van der Waals surface area contributed by atoms with Gasteiger partial charge in [-0.05, 0) is 60.9 Å². The van der Waals surface area contributed by atoms with Crippen LogP contribution in [-0.4, -0.2) is 44.3 Å². The van der Waals surface area contributed by atoms with Gasteiger partial charge in [-0.3, -0.25) is 13.9 Å². The average Bonchev–Trinajstić information content (AvgIpc) is 2.91. The van der Waals surface area contributed by atoms with Gasteiger partial charge in [-0.25, -0.2) is 8.42 Å². The lowest BCUT2D eigenvalue weighted by Gasteiger charge is -2.33. The number of hydrogen-bond acceptors (Lipinski definition) is 4. The van der Waals surface area contributed by atoms with Crippen LogP contribution in [0.15, 0.2) is 82.2 Å². The van der Waals surface area contributed by atoms with Crippen LogP contribution in [0.2, 0.25) is 10.0 Å². The molecule has 0 bridgehead atoms. The standard InChI is InChI=1S/C28H30BrCl2N3O4S/c1-3-15-32-28(36)26(4-2)33(18-20-13-14-22(30)17-25(20)31)27(35)19-34(23-10-8-9-21(29)16-23)39(37,38)24-11-6-5-7-12-24/h5-14,16-17,26H,3-4,15,18-19H2,1-2H3,(H,32,36). The van der Waals surface area contributed by atoms with Crippen LogP contribution in [0, 0.1) is 0 Å². The predicted molar refractivity (Wildman–Crippen MR) is 160 cm³/mol. The third-order valence-electron chi connectivity index (χ3n) is 6.00. The summed E-state index contributed by atoms with van der Waals surface area (Å²) in [7, 11) is -4.13. The lowest BCUT2D eigenvalue weighted by Crippen LogP contribution is -2.52. The number of anilines is 1. The fourth-order valence-corrected chi connectivity index (χ4v) is 6.28. The number of benzene rings is 3. The molecule has 1 unspecified atom stereocenters. The Bertz CT molecular complexity index is 1410. The van der Waals surface area contributed by atoms with Crippen LogP contribution in [0.1, 0.15) is 32.3 Å². The van der Waals surface area contributed by atoms with Gasteiger partial charge in [-0.1, -0.05) is 83.3 Å². The highest BCUT2D eigenvalue weighted by Gasteiger charge is 2.34. The van der Waals surface area contributed by atoms with Gasteiger partial charge in [0.25, 0.3) is 10.0 Å². The quantitative estimate of drug-likeness (QED) is 0.249. The van der Waals surface area contributed by atoms with Crippen LogP contribution in [-0.2, 0) is 26.2 Å². The molecule has 0 aliphatic heterocycles. The Balaban J connectivity index is 2.06. The van der Waals surface area contributed by atoms with E-state index in [1.165, 1.54) is 17.0 Å². The Kier molecular flexibility index (Phi) is 11.2. The lowest BCUT2D eigenvalue weighted by molar-refractivity contribution is -0.140. The molecule has 3 rings (SSSR count). The van der Waals surface area contributed by atoms with Gasteiger partial charge >= 0.3 is 0 Å². The van der Waals surface area contributed by atoms with E-state index < -0.39 is 28.5 Å². The first-order valence-electron chi connectivity index (χ1n) is 12.4. The van der Waals surface area contributed by atoms with Crippen molar-refractivity contribution in [1.82, 2.24) is 10.2 Å². The van der Waals surface area contributed by atoms with Gasteiger partial charge in [0.2, 0.25) is 11.8 Å². The maximum atomic E-state index is 14.0. The van der Waals surface area contributed by atoms with Crippen molar-refractivity contribution in [1.29, 1.82) is 0 Å². The molecular formula is C28H30BrCl2N3O4S. The van der Waals surface area contributed by atoms with Crippen LogP contribution in [0.4, 0.5) is 5.69 Å². The highest BCUT2D eigenvalue weighted by Crippen LogP contribution is 2.28. The van der Waals surface area contributed by atoms with Crippen LogP contribution >= 0.6 is 39.1 Å². The number of hydrogen-bond donors (Lipinski definition) is 1. The molecule has 7 nitrogen and oxygen atoms in total. The molecule has 1 N–H and O–H groups in total. The van der Waals surface area contributed by atoms with Gasteiger partial charge in [-0.2, -0.15) is 0 Å². The fraction of sp³-hybridized carbons (Fsp3) is 0.286. The molecular weight excluding hydrogens is 625 g/mol. The number of rotatable bonds is 12. The Morgan fingerprint density at radius 3 is 2.31 bits per heavy atom. The normalized spacial score (nSPS) is 12.0. The zero-order valence-electron chi connectivity index (χ0n) is 21.6. The average molecular weight is 655 g/mol. The molecule has 0 radical (unpaired) electrons. The van der Waals surface area contributed by atoms with E-state index in [4.69, 9.17) is 23.2 Å². The van der Waals surface area contributed by atoms with E-state index in [0.29, 0.717) is 38.7 Å². The fourth-order valence-electron chi connectivity index (χ4n) is 4.00. The number of nitrogens with zero attached hydrogens (tertiary/aromatic N) is 2. The maximum absolute atomic E-state index is 14.0. The summed E-state index contributed by atoms with van der Waals surface area (Å²) in [5.74, 6) is -0.878. The zero-order valence-corrected chi connectivity index (χ0v) is 25.5. The first-order valence-corrected chi connectivity index (χ1v) is 15.4. The molecule has 208 valence electrons. The summed E-state index contributed by atoms with van der Waals surface area (Å²) in [6.45, 7) is 3.64. The molecule has 0 saturated carbocycles. The first-order chi connectivity index (χ1) is 18.6. The molecule has 0 aromatic heterocycles. The molecule has 0 spiro atoms. The molecule has 39 heavy (non-hydrogen) atoms. The Labute approximate surface area is 248 Å². The second-order valence-electron chi connectivity index (χ2n) is 8.78. The molecule has 0 saturated heterocycles. The third-order valence-corrected chi connectivity index (χ3v) is 8.87. The monoisotopic (exact) mass is 653 g/mol. The van der Waals surface area contributed by atoms with Crippen LogP contribution in [0.3, 0.4) is 0 Å². The highest BCUT2D eigenvalue weighted by molar-refractivity contribution is 9.10. The van der Waals surface area contributed by atoms with Crippen LogP contribution in [0.25, 0.3) is 0 Å². The number of nitrogens with one attached hydrogen (secondary N) is 1. The van der Waals surface area contributed by atoms with E-state index in [0.717, 1.165) is 10.7 Å². The van der Waals surface area contributed by atoms with Crippen LogP contribution < -0.4 is 9.62 Å². The van der Waals surface area contributed by atoms with Gasteiger partial charge < -0.3 is 10.2 Å². The summed E-state index contributed by atoms with van der Waals surface area (Å²) in [6, 6.07) is 18.6. The van der Waals surface area contributed by atoms with Crippen molar-refractivity contribution in [3.05, 3.63) is 92.9 Å². The third kappa shape index (κ3) is 7.97. The SMILES string of the molecule is CCCNC(=O)C(CC)N(Cc1ccc(Cl)cc1Cl)C(=O)CN(c1cccc(Br)c1)S(=O)(=O)c1ccccc1. The molecule has 3 aromatic carbocycles. The summed E-state index contributed by atoms with van der Waals surface area (Å²) in [6.07, 6.45) is 1.04. The summed E-state index contributed by atoms with van der Waals surface area (Å²) in [4.78, 5) is 28.6. The summed E-state index contributed by atoms with van der Waals surface area (Å²) in [5.41, 5.74) is 0.880. The van der Waals surface area contributed by atoms with Gasteiger partial charge in [0.05, 0.1) is 10.6 Å². The molecule has 2 amide bonds. The molecule has 11 heteroatoms. The second-order valence-corrected chi connectivity index (χ2v) is 12.4. The minimum atomic E-state index is -4.13. The van der Waals surface area contributed by atoms with E-state index in [2.05, 4.69) is 21.2 Å². The topological polar surface area (TPSA) is 86.8 Å². The number of halogens is 3. The van der Waals surface area contributed by atoms with E-state index in [1.807, 2.05) is 6.92 Å². The molecule has 3 aromatic rings. The summed E-state index contributed by atoms with van der Waals surface area (Å²) < 4.78 is 29.3. The second kappa shape index (κ2) is 14.2. The van der Waals surface area contributed by atoms with E-state index in [1.54, 1.807) is 67.6 Å². The van der Waals surface area contributed by atoms with Crippen molar-refractivity contribution in [3.63, 3.8) is 0 Å². The molecule has 0 fully saturated rings. The van der Waals surface area contributed by atoms with Crippen molar-refractivity contribution in [2.75, 3.05) is 17.4 Å². The lowest BCUT2D eigenvalue weighted by atomic mass is 10.1. The van der Waals surface area contributed by atoms with E-state index in [9.17, 15) is 18.0 Å². The number of sulfonamides is 1. The van der Waals surface area contributed by atoms with Crippen molar-refractivity contribution in [3.8, 4) is 0 Å². The van der Waals surface area contributed by atoms with Crippen molar-refractivity contribution in [2.24, 2.45) is 0 Å². The van der Waals surface area contributed by atoms with Gasteiger partial charge in [0.1, 0.15) is 12.6 Å². The van der Waals surface area contributed by atoms with Crippen molar-refractivity contribution < 1.29 is 18.0 Å². The molecule has 0 heterocycles. The number of carbonyl (C=O) groups excluding carboxylic acids is 2. The van der Waals surface area contributed by atoms with E-state index >= 15 is 0 Å². The summed E-state index contributed by atoms with van der Waals surface area (Å²) in [5, 5.41) is 3.62. The highest BCUT2D eigenvalue weighted by atomic mass is 79.9. The van der Waals surface area contributed by atoms with E-state index in [-0.39, 0.29) is 17.3 Å².